The van der Waals surface area contributed by atoms with Gasteiger partial charge in [-0.25, -0.2) is 9.97 Å². The maximum atomic E-state index is 4.50. The molecule has 3 aliphatic heterocycles. The summed E-state index contributed by atoms with van der Waals surface area (Å²) >= 11 is 0. The zero-order valence-corrected chi connectivity index (χ0v) is 12.5. The van der Waals surface area contributed by atoms with Crippen molar-refractivity contribution in [3.63, 3.8) is 0 Å². The summed E-state index contributed by atoms with van der Waals surface area (Å²) in [6.45, 7) is 5.91. The molecule has 1 aromatic heterocycles. The van der Waals surface area contributed by atoms with Crippen LogP contribution in [-0.4, -0.2) is 47.6 Å². The molecule has 0 aromatic carbocycles. The topological polar surface area (TPSA) is 53.1 Å². The van der Waals surface area contributed by atoms with Gasteiger partial charge in [-0.15, -0.1) is 0 Å². The van der Waals surface area contributed by atoms with E-state index in [4.69, 9.17) is 0 Å². The summed E-state index contributed by atoms with van der Waals surface area (Å²) in [5.74, 6) is 2.80. The zero-order chi connectivity index (χ0) is 13.9. The number of hydrogen-bond acceptors (Lipinski definition) is 5. The van der Waals surface area contributed by atoms with E-state index < -0.39 is 0 Å². The molecule has 4 rings (SSSR count). The molecule has 5 nitrogen and oxygen atoms in total. The number of aromatic nitrogens is 2. The van der Waals surface area contributed by atoms with Crippen LogP contribution in [0.4, 0.5) is 11.6 Å². The summed E-state index contributed by atoms with van der Waals surface area (Å²) in [4.78, 5) is 11.4. The van der Waals surface area contributed by atoms with Crippen LogP contribution in [0.3, 0.4) is 0 Å². The van der Waals surface area contributed by atoms with Gasteiger partial charge in [-0.2, -0.15) is 0 Å². The minimum absolute atomic E-state index is 0.549. The first-order valence-electron chi connectivity index (χ1n) is 7.82. The lowest BCUT2D eigenvalue weighted by atomic mass is 9.84. The lowest BCUT2D eigenvalue weighted by Crippen LogP contribution is -2.53. The average molecular weight is 275 g/mol. The lowest BCUT2D eigenvalue weighted by molar-refractivity contribution is 0.0973. The monoisotopic (exact) mass is 275 g/mol. The van der Waals surface area contributed by atoms with Crippen LogP contribution in [0.5, 0.6) is 0 Å². The van der Waals surface area contributed by atoms with Crippen molar-refractivity contribution in [3.8, 4) is 0 Å². The molecule has 0 radical (unpaired) electrons. The van der Waals surface area contributed by atoms with E-state index in [0.29, 0.717) is 6.04 Å². The summed E-state index contributed by atoms with van der Waals surface area (Å²) in [5, 5.41) is 6.90. The molecule has 20 heavy (non-hydrogen) atoms. The van der Waals surface area contributed by atoms with Crippen molar-refractivity contribution in [2.75, 3.05) is 37.3 Å². The molecule has 1 unspecified atom stereocenters. The third-order valence-corrected chi connectivity index (χ3v) is 4.66. The van der Waals surface area contributed by atoms with Crippen molar-refractivity contribution in [3.05, 3.63) is 11.9 Å². The molecule has 110 valence electrons. The summed E-state index contributed by atoms with van der Waals surface area (Å²) in [6.07, 6.45) is 6.43. The maximum absolute atomic E-state index is 4.50. The maximum Gasteiger partial charge on any atom is 0.134 e. The summed E-state index contributed by atoms with van der Waals surface area (Å²) < 4.78 is 0. The number of rotatable bonds is 5. The fraction of sp³-hybridized carbons (Fsp3) is 0.733. The third kappa shape index (κ3) is 2.59. The minimum atomic E-state index is 0.549. The van der Waals surface area contributed by atoms with E-state index in [1.807, 2.05) is 7.05 Å². The van der Waals surface area contributed by atoms with Gasteiger partial charge >= 0.3 is 0 Å². The Balaban J connectivity index is 1.79. The smallest absolute Gasteiger partial charge is 0.134 e. The Morgan fingerprint density at radius 1 is 1.25 bits per heavy atom. The molecular weight excluding hydrogens is 250 g/mol. The van der Waals surface area contributed by atoms with Crippen molar-refractivity contribution in [1.82, 2.24) is 14.9 Å². The number of piperidine rings is 3. The van der Waals surface area contributed by atoms with Crippen LogP contribution in [0.15, 0.2) is 6.33 Å². The van der Waals surface area contributed by atoms with Crippen LogP contribution in [0, 0.1) is 5.92 Å². The van der Waals surface area contributed by atoms with Crippen LogP contribution in [0.1, 0.15) is 31.7 Å². The second-order valence-corrected chi connectivity index (χ2v) is 5.94. The van der Waals surface area contributed by atoms with Gasteiger partial charge in [-0.3, -0.25) is 0 Å². The summed E-state index contributed by atoms with van der Waals surface area (Å²) in [7, 11) is 1.93. The van der Waals surface area contributed by atoms with Crippen molar-refractivity contribution < 1.29 is 0 Å². The van der Waals surface area contributed by atoms with Gasteiger partial charge in [0.25, 0.3) is 0 Å². The van der Waals surface area contributed by atoms with Crippen molar-refractivity contribution in [2.24, 2.45) is 5.92 Å². The Morgan fingerprint density at radius 2 is 2.00 bits per heavy atom. The molecule has 0 saturated carbocycles. The molecule has 3 saturated heterocycles. The van der Waals surface area contributed by atoms with E-state index in [-0.39, 0.29) is 0 Å². The van der Waals surface area contributed by atoms with Crippen molar-refractivity contribution in [2.45, 2.75) is 38.6 Å². The fourth-order valence-corrected chi connectivity index (χ4v) is 3.54. The number of nitrogens with zero attached hydrogens (tertiary/aromatic N) is 3. The van der Waals surface area contributed by atoms with E-state index in [2.05, 4.69) is 32.4 Å². The molecule has 4 heterocycles. The number of nitrogens with one attached hydrogen (secondary N) is 2. The minimum Gasteiger partial charge on any atom is -0.373 e. The van der Waals surface area contributed by atoms with E-state index in [1.165, 1.54) is 31.5 Å². The highest BCUT2D eigenvalue weighted by atomic mass is 15.2. The summed E-state index contributed by atoms with van der Waals surface area (Å²) in [6, 6.07) is 0.549. The van der Waals surface area contributed by atoms with E-state index in [1.54, 1.807) is 6.33 Å². The van der Waals surface area contributed by atoms with Crippen LogP contribution >= 0.6 is 0 Å². The van der Waals surface area contributed by atoms with Crippen LogP contribution in [0.25, 0.3) is 0 Å². The highest BCUT2D eigenvalue weighted by molar-refractivity contribution is 5.57. The van der Waals surface area contributed by atoms with Gasteiger partial charge in [0, 0.05) is 25.2 Å². The molecule has 1 aromatic rings. The molecular formula is C15H25N5. The number of fused-ring (bicyclic) bond motifs is 3. The molecule has 3 aliphatic rings. The standard InChI is InChI=1S/C15H25N5/c1-3-4-12-14(16-2)17-10-18-15(12)19-13-9-20-7-5-11(13)6-8-20/h10-11,13H,3-9H2,1-2H3,(H2,16,17,18,19). The van der Waals surface area contributed by atoms with Gasteiger partial charge in [0.2, 0.25) is 0 Å². The molecule has 2 bridgehead atoms. The first kappa shape index (κ1) is 13.6. The van der Waals surface area contributed by atoms with Gasteiger partial charge in [-0.1, -0.05) is 13.3 Å². The van der Waals surface area contributed by atoms with Crippen LogP contribution in [-0.2, 0) is 6.42 Å². The quantitative estimate of drug-likeness (QED) is 0.860. The fourth-order valence-electron chi connectivity index (χ4n) is 3.54. The Bertz CT molecular complexity index is 454. The second-order valence-electron chi connectivity index (χ2n) is 5.94. The van der Waals surface area contributed by atoms with E-state index in [0.717, 1.165) is 36.9 Å². The van der Waals surface area contributed by atoms with E-state index >= 15 is 0 Å². The van der Waals surface area contributed by atoms with Crippen molar-refractivity contribution >= 4 is 11.6 Å². The van der Waals surface area contributed by atoms with Gasteiger partial charge in [0.1, 0.15) is 18.0 Å². The van der Waals surface area contributed by atoms with Crippen molar-refractivity contribution in [1.29, 1.82) is 0 Å². The molecule has 0 aliphatic carbocycles. The number of hydrogen-bond donors (Lipinski definition) is 2. The van der Waals surface area contributed by atoms with Crippen LogP contribution in [0.2, 0.25) is 0 Å². The molecule has 0 spiro atoms. The van der Waals surface area contributed by atoms with Gasteiger partial charge in [0.05, 0.1) is 0 Å². The first-order valence-corrected chi connectivity index (χ1v) is 7.82. The van der Waals surface area contributed by atoms with Gasteiger partial charge < -0.3 is 15.5 Å². The highest BCUT2D eigenvalue weighted by Crippen LogP contribution is 2.31. The SMILES string of the molecule is CCCc1c(NC)ncnc1NC1CN2CCC1CC2. The zero-order valence-electron chi connectivity index (χ0n) is 12.5. The second kappa shape index (κ2) is 5.95. The molecule has 3 fully saturated rings. The molecule has 0 amide bonds. The lowest BCUT2D eigenvalue weighted by Gasteiger charge is -2.45. The van der Waals surface area contributed by atoms with Gasteiger partial charge in [-0.05, 0) is 38.3 Å². The first-order chi connectivity index (χ1) is 9.81. The normalized spacial score (nSPS) is 28.4. The molecule has 1 atom stereocenters. The van der Waals surface area contributed by atoms with Gasteiger partial charge in [0.15, 0.2) is 0 Å². The largest absolute Gasteiger partial charge is 0.373 e. The summed E-state index contributed by atoms with van der Waals surface area (Å²) in [5.41, 5.74) is 1.23. The Labute approximate surface area is 121 Å². The van der Waals surface area contributed by atoms with Crippen LogP contribution < -0.4 is 10.6 Å². The Kier molecular flexibility index (Phi) is 4.05. The predicted octanol–water partition coefficient (Wildman–Crippen LogP) is 1.98. The Hall–Kier alpha value is -1.36. The Morgan fingerprint density at radius 3 is 2.60 bits per heavy atom. The predicted molar refractivity (Wildman–Crippen MR) is 82.1 cm³/mol. The average Bonchev–Trinajstić information content (AvgIpc) is 2.50. The molecule has 5 heteroatoms. The molecule has 2 N–H and O–H groups in total. The number of anilines is 2. The third-order valence-electron chi connectivity index (χ3n) is 4.66. The van der Waals surface area contributed by atoms with E-state index in [9.17, 15) is 0 Å². The highest BCUT2D eigenvalue weighted by Gasteiger charge is 2.34.